The van der Waals surface area contributed by atoms with Gasteiger partial charge in [-0.25, -0.2) is 4.98 Å². The first-order valence-corrected chi connectivity index (χ1v) is 9.53. The molecule has 1 N–H and O–H groups in total. The van der Waals surface area contributed by atoms with Crippen LogP contribution in [0.4, 0.5) is 5.82 Å². The Hall–Kier alpha value is -2.15. The summed E-state index contributed by atoms with van der Waals surface area (Å²) in [7, 11) is 0. The van der Waals surface area contributed by atoms with Gasteiger partial charge in [-0.1, -0.05) is 23.7 Å². The quantitative estimate of drug-likeness (QED) is 0.873. The highest BCUT2D eigenvalue weighted by Gasteiger charge is 2.40. The molecule has 2 aromatic rings. The first-order valence-electron chi connectivity index (χ1n) is 9.15. The van der Waals surface area contributed by atoms with Gasteiger partial charge in [0.25, 0.3) is 5.91 Å². The summed E-state index contributed by atoms with van der Waals surface area (Å²) >= 11 is 5.89. The van der Waals surface area contributed by atoms with Crippen molar-refractivity contribution in [2.75, 3.05) is 31.2 Å². The maximum Gasteiger partial charge on any atom is 0.251 e. The SMILES string of the molecule is O=C(NCc1ccc(Cl)cc1)c1ccnc(N2CCC3(CC2)OCCO3)c1. The molecule has 2 saturated heterocycles. The zero-order chi connectivity index (χ0) is 18.7. The van der Waals surface area contributed by atoms with Gasteiger partial charge in [-0.3, -0.25) is 4.79 Å². The van der Waals surface area contributed by atoms with Gasteiger partial charge in [0.1, 0.15) is 5.82 Å². The number of halogens is 1. The lowest BCUT2D eigenvalue weighted by Crippen LogP contribution is -2.45. The van der Waals surface area contributed by atoms with Crippen LogP contribution in [0.15, 0.2) is 42.6 Å². The molecule has 0 bridgehead atoms. The first-order chi connectivity index (χ1) is 13.1. The predicted molar refractivity (Wildman–Crippen MR) is 103 cm³/mol. The number of pyridine rings is 1. The standard InChI is InChI=1S/C20H22ClN3O3/c21-17-3-1-15(2-4-17)14-23-19(25)16-5-8-22-18(13-16)24-9-6-20(7-10-24)26-11-12-27-20/h1-5,8,13H,6-7,9-12,14H2,(H,23,25). The van der Waals surface area contributed by atoms with Crippen molar-refractivity contribution in [3.05, 3.63) is 58.7 Å². The second-order valence-corrected chi connectivity index (χ2v) is 7.24. The average molecular weight is 388 g/mol. The van der Waals surface area contributed by atoms with E-state index in [0.29, 0.717) is 30.3 Å². The molecule has 2 fully saturated rings. The smallest absolute Gasteiger partial charge is 0.251 e. The lowest BCUT2D eigenvalue weighted by Gasteiger charge is -2.38. The fraction of sp³-hybridized carbons (Fsp3) is 0.400. The van der Waals surface area contributed by atoms with E-state index in [1.54, 1.807) is 12.3 Å². The van der Waals surface area contributed by atoms with Crippen LogP contribution in [-0.4, -0.2) is 43.0 Å². The summed E-state index contributed by atoms with van der Waals surface area (Å²) in [5, 5.41) is 3.62. The molecule has 0 atom stereocenters. The van der Waals surface area contributed by atoms with Crippen molar-refractivity contribution < 1.29 is 14.3 Å². The summed E-state index contributed by atoms with van der Waals surface area (Å²) in [4.78, 5) is 19.1. The lowest BCUT2D eigenvalue weighted by atomic mass is 10.0. The minimum absolute atomic E-state index is 0.121. The van der Waals surface area contributed by atoms with Gasteiger partial charge in [0.2, 0.25) is 0 Å². The Kier molecular flexibility index (Phi) is 5.29. The molecule has 4 rings (SSSR count). The molecule has 142 valence electrons. The molecule has 0 radical (unpaired) electrons. The molecule has 2 aliphatic heterocycles. The normalized spacial score (nSPS) is 18.6. The molecule has 0 aliphatic carbocycles. The topological polar surface area (TPSA) is 63.7 Å². The number of nitrogens with zero attached hydrogens (tertiary/aromatic N) is 2. The van der Waals surface area contributed by atoms with Crippen LogP contribution in [0.3, 0.4) is 0 Å². The third kappa shape index (κ3) is 4.24. The van der Waals surface area contributed by atoms with E-state index in [1.807, 2.05) is 30.3 Å². The van der Waals surface area contributed by atoms with Crippen LogP contribution in [0.2, 0.25) is 5.02 Å². The van der Waals surface area contributed by atoms with Crippen molar-refractivity contribution >= 4 is 23.3 Å². The number of hydrogen-bond acceptors (Lipinski definition) is 5. The summed E-state index contributed by atoms with van der Waals surface area (Å²) in [6, 6.07) is 11.0. The van der Waals surface area contributed by atoms with Gasteiger partial charge in [-0.15, -0.1) is 0 Å². The van der Waals surface area contributed by atoms with E-state index in [9.17, 15) is 4.79 Å². The average Bonchev–Trinajstić information content (AvgIpc) is 3.16. The van der Waals surface area contributed by atoms with Crippen molar-refractivity contribution in [2.45, 2.75) is 25.2 Å². The molecule has 1 spiro atoms. The van der Waals surface area contributed by atoms with Gasteiger partial charge in [-0.2, -0.15) is 0 Å². The Morgan fingerprint density at radius 2 is 1.85 bits per heavy atom. The number of aromatic nitrogens is 1. The molecule has 2 aliphatic rings. The number of benzene rings is 1. The van der Waals surface area contributed by atoms with Crippen molar-refractivity contribution in [2.24, 2.45) is 0 Å². The molecule has 1 aromatic carbocycles. The first kappa shape index (κ1) is 18.2. The third-order valence-corrected chi connectivity index (χ3v) is 5.29. The number of piperidine rings is 1. The van der Waals surface area contributed by atoms with Crippen molar-refractivity contribution in [1.82, 2.24) is 10.3 Å². The van der Waals surface area contributed by atoms with E-state index in [2.05, 4.69) is 15.2 Å². The largest absolute Gasteiger partial charge is 0.356 e. The van der Waals surface area contributed by atoms with E-state index in [1.165, 1.54) is 0 Å². The number of nitrogens with one attached hydrogen (secondary N) is 1. The second-order valence-electron chi connectivity index (χ2n) is 6.81. The number of anilines is 1. The Balaban J connectivity index is 1.37. The van der Waals surface area contributed by atoms with Crippen LogP contribution in [0, 0.1) is 0 Å². The van der Waals surface area contributed by atoms with E-state index in [0.717, 1.165) is 37.3 Å². The molecule has 3 heterocycles. The van der Waals surface area contributed by atoms with Crippen molar-refractivity contribution in [3.63, 3.8) is 0 Å². The molecule has 27 heavy (non-hydrogen) atoms. The highest BCUT2D eigenvalue weighted by atomic mass is 35.5. The van der Waals surface area contributed by atoms with E-state index in [-0.39, 0.29) is 5.91 Å². The number of hydrogen-bond donors (Lipinski definition) is 1. The molecule has 1 aromatic heterocycles. The van der Waals surface area contributed by atoms with Crippen LogP contribution < -0.4 is 10.2 Å². The monoisotopic (exact) mass is 387 g/mol. The summed E-state index contributed by atoms with van der Waals surface area (Å²) in [5.74, 6) is 0.274. The van der Waals surface area contributed by atoms with Crippen molar-refractivity contribution in [3.8, 4) is 0 Å². The molecular formula is C20H22ClN3O3. The van der Waals surface area contributed by atoms with E-state index in [4.69, 9.17) is 21.1 Å². The molecule has 6 nitrogen and oxygen atoms in total. The number of carbonyl (C=O) groups is 1. The number of amides is 1. The lowest BCUT2D eigenvalue weighted by molar-refractivity contribution is -0.169. The molecule has 0 saturated carbocycles. The Morgan fingerprint density at radius 1 is 1.15 bits per heavy atom. The fourth-order valence-electron chi connectivity index (χ4n) is 3.48. The van der Waals surface area contributed by atoms with E-state index >= 15 is 0 Å². The van der Waals surface area contributed by atoms with Crippen LogP contribution >= 0.6 is 11.6 Å². The van der Waals surface area contributed by atoms with Crippen LogP contribution in [0.5, 0.6) is 0 Å². The van der Waals surface area contributed by atoms with E-state index < -0.39 is 5.79 Å². The van der Waals surface area contributed by atoms with Gasteiger partial charge in [-0.05, 0) is 29.8 Å². The minimum atomic E-state index is -0.413. The third-order valence-electron chi connectivity index (χ3n) is 5.04. The van der Waals surface area contributed by atoms with Gasteiger partial charge in [0.05, 0.1) is 13.2 Å². The molecular weight excluding hydrogens is 366 g/mol. The number of carbonyl (C=O) groups excluding carboxylic acids is 1. The molecule has 7 heteroatoms. The van der Waals surface area contributed by atoms with Gasteiger partial charge in [0.15, 0.2) is 5.79 Å². The Labute approximate surface area is 163 Å². The second kappa shape index (κ2) is 7.84. The maximum atomic E-state index is 12.5. The van der Waals surface area contributed by atoms with Crippen LogP contribution in [0.25, 0.3) is 0 Å². The highest BCUT2D eigenvalue weighted by molar-refractivity contribution is 6.30. The molecule has 0 unspecified atom stereocenters. The van der Waals surface area contributed by atoms with Gasteiger partial charge < -0.3 is 19.7 Å². The van der Waals surface area contributed by atoms with Crippen LogP contribution in [0.1, 0.15) is 28.8 Å². The fourth-order valence-corrected chi connectivity index (χ4v) is 3.61. The summed E-state index contributed by atoms with van der Waals surface area (Å²) < 4.78 is 11.5. The van der Waals surface area contributed by atoms with Crippen molar-refractivity contribution in [1.29, 1.82) is 0 Å². The highest BCUT2D eigenvalue weighted by Crippen LogP contribution is 2.32. The minimum Gasteiger partial charge on any atom is -0.356 e. The molecule has 1 amide bonds. The Morgan fingerprint density at radius 3 is 2.56 bits per heavy atom. The van der Waals surface area contributed by atoms with Gasteiger partial charge in [0, 0.05) is 49.3 Å². The predicted octanol–water partition coefficient (Wildman–Crippen LogP) is 3.01. The zero-order valence-electron chi connectivity index (χ0n) is 15.0. The number of rotatable bonds is 4. The maximum absolute atomic E-state index is 12.5. The number of ether oxygens (including phenoxy) is 2. The summed E-state index contributed by atoms with van der Waals surface area (Å²) in [6.07, 6.45) is 3.29. The summed E-state index contributed by atoms with van der Waals surface area (Å²) in [6.45, 7) is 3.38. The van der Waals surface area contributed by atoms with Gasteiger partial charge >= 0.3 is 0 Å². The van der Waals surface area contributed by atoms with Crippen LogP contribution in [-0.2, 0) is 16.0 Å². The zero-order valence-corrected chi connectivity index (χ0v) is 15.7. The Bertz CT molecular complexity index is 796. The summed E-state index contributed by atoms with van der Waals surface area (Å²) in [5.41, 5.74) is 1.60.